The Morgan fingerprint density at radius 2 is 1.96 bits per heavy atom. The van der Waals surface area contributed by atoms with Gasteiger partial charge in [0.1, 0.15) is 6.61 Å². The van der Waals surface area contributed by atoms with Crippen molar-refractivity contribution < 1.29 is 14.6 Å². The summed E-state index contributed by atoms with van der Waals surface area (Å²) in [6.45, 7) is 1.09. The predicted molar refractivity (Wildman–Crippen MR) is 103 cm³/mol. The first-order valence-electron chi connectivity index (χ1n) is 8.56. The number of fused-ring (bicyclic) bond motifs is 1. The van der Waals surface area contributed by atoms with Crippen LogP contribution in [0, 0.1) is 0 Å². The van der Waals surface area contributed by atoms with Crippen molar-refractivity contribution in [3.63, 3.8) is 0 Å². The number of carbonyl (C=O) groups excluding carboxylic acids is 1. The third-order valence-electron chi connectivity index (χ3n) is 4.49. The average molecular weight is 381 g/mol. The number of aromatic hydroxyl groups is 1. The summed E-state index contributed by atoms with van der Waals surface area (Å²) in [4.78, 5) is 18.7. The second-order valence-electron chi connectivity index (χ2n) is 6.31. The van der Waals surface area contributed by atoms with Gasteiger partial charge in [-0.15, -0.1) is 0 Å². The summed E-state index contributed by atoms with van der Waals surface area (Å²) in [6.07, 6.45) is 3.43. The summed E-state index contributed by atoms with van der Waals surface area (Å²) in [7, 11) is 0. The monoisotopic (exact) mass is 380 g/mol. The quantitative estimate of drug-likeness (QED) is 0.725. The van der Waals surface area contributed by atoms with E-state index < -0.39 is 0 Å². The lowest BCUT2D eigenvalue weighted by atomic mass is 10.0. The first-order valence-corrected chi connectivity index (χ1v) is 8.93. The molecular weight excluding hydrogens is 364 g/mol. The second kappa shape index (κ2) is 7.29. The van der Waals surface area contributed by atoms with E-state index >= 15 is 0 Å². The zero-order valence-electron chi connectivity index (χ0n) is 14.4. The van der Waals surface area contributed by atoms with Crippen LogP contribution in [-0.2, 0) is 6.54 Å². The highest BCUT2D eigenvalue weighted by Crippen LogP contribution is 2.37. The molecule has 0 aliphatic carbocycles. The lowest BCUT2D eigenvalue weighted by molar-refractivity contribution is 0.0733. The molecule has 1 aliphatic heterocycles. The molecule has 0 atom stereocenters. The van der Waals surface area contributed by atoms with Crippen LogP contribution >= 0.6 is 11.6 Å². The van der Waals surface area contributed by atoms with Crippen molar-refractivity contribution in [1.82, 2.24) is 9.88 Å². The van der Waals surface area contributed by atoms with Crippen molar-refractivity contribution in [2.75, 3.05) is 13.2 Å². The Hall–Kier alpha value is -3.05. The molecule has 0 saturated carbocycles. The lowest BCUT2D eigenvalue weighted by Crippen LogP contribution is -2.32. The highest BCUT2D eigenvalue weighted by Gasteiger charge is 2.23. The number of amides is 1. The van der Waals surface area contributed by atoms with Gasteiger partial charge in [-0.1, -0.05) is 17.7 Å². The number of rotatable bonds is 2. The number of benzene rings is 2. The van der Waals surface area contributed by atoms with E-state index in [1.54, 1.807) is 47.6 Å². The molecule has 4 rings (SSSR count). The third kappa shape index (κ3) is 3.59. The van der Waals surface area contributed by atoms with Gasteiger partial charge in [-0.3, -0.25) is 9.78 Å². The Balaban J connectivity index is 1.67. The van der Waals surface area contributed by atoms with Gasteiger partial charge < -0.3 is 14.7 Å². The number of pyridine rings is 1. The summed E-state index contributed by atoms with van der Waals surface area (Å²) in [5, 5.41) is 11.0. The fourth-order valence-corrected chi connectivity index (χ4v) is 3.27. The van der Waals surface area contributed by atoms with Gasteiger partial charge in [0.15, 0.2) is 11.5 Å². The van der Waals surface area contributed by atoms with Crippen LogP contribution < -0.4 is 4.74 Å². The Kier molecular flexibility index (Phi) is 4.69. The Morgan fingerprint density at radius 1 is 1.15 bits per heavy atom. The van der Waals surface area contributed by atoms with Crippen LogP contribution in [0.3, 0.4) is 0 Å². The van der Waals surface area contributed by atoms with Gasteiger partial charge in [-0.25, -0.2) is 0 Å². The van der Waals surface area contributed by atoms with Crippen molar-refractivity contribution >= 4 is 17.5 Å². The highest BCUT2D eigenvalue weighted by molar-refractivity contribution is 6.30. The van der Waals surface area contributed by atoms with Gasteiger partial charge in [-0.2, -0.15) is 0 Å². The van der Waals surface area contributed by atoms with Crippen molar-refractivity contribution in [3.8, 4) is 22.6 Å². The molecular formula is C21H17ClN2O3. The summed E-state index contributed by atoms with van der Waals surface area (Å²) >= 11 is 5.91. The number of aromatic nitrogens is 1. The molecule has 27 heavy (non-hydrogen) atoms. The first-order chi connectivity index (χ1) is 13.1. The van der Waals surface area contributed by atoms with Crippen LogP contribution in [-0.4, -0.2) is 34.0 Å². The van der Waals surface area contributed by atoms with Crippen LogP contribution in [0.4, 0.5) is 0 Å². The number of phenols is 1. The average Bonchev–Trinajstić information content (AvgIpc) is 2.91. The summed E-state index contributed by atoms with van der Waals surface area (Å²) in [5.41, 5.74) is 3.03. The molecule has 0 fully saturated rings. The van der Waals surface area contributed by atoms with Gasteiger partial charge in [-0.05, 0) is 48.0 Å². The van der Waals surface area contributed by atoms with Crippen molar-refractivity contribution in [2.45, 2.75) is 6.54 Å². The molecule has 0 unspecified atom stereocenters. The zero-order valence-corrected chi connectivity index (χ0v) is 15.2. The van der Waals surface area contributed by atoms with E-state index in [9.17, 15) is 9.90 Å². The topological polar surface area (TPSA) is 62.7 Å². The molecule has 1 aliphatic rings. The number of hydrogen-bond acceptors (Lipinski definition) is 4. The number of phenolic OH excluding ortho intramolecular Hbond substituents is 1. The third-order valence-corrected chi connectivity index (χ3v) is 4.74. The Labute approximate surface area is 161 Å². The second-order valence-corrected chi connectivity index (χ2v) is 6.74. The lowest BCUT2D eigenvalue weighted by Gasteiger charge is -2.20. The highest BCUT2D eigenvalue weighted by atomic mass is 35.5. The fraction of sp³-hybridized carbons (Fsp3) is 0.143. The number of nitrogens with zero attached hydrogens (tertiary/aromatic N) is 2. The number of hydrogen-bond donors (Lipinski definition) is 1. The van der Waals surface area contributed by atoms with Gasteiger partial charge in [0.2, 0.25) is 0 Å². The van der Waals surface area contributed by atoms with Crippen LogP contribution in [0.2, 0.25) is 5.02 Å². The number of carbonyl (C=O) groups is 1. The van der Waals surface area contributed by atoms with Crippen LogP contribution in [0.5, 0.6) is 11.5 Å². The van der Waals surface area contributed by atoms with E-state index in [-0.39, 0.29) is 11.7 Å². The fourth-order valence-electron chi connectivity index (χ4n) is 3.15. The molecule has 0 bridgehead atoms. The van der Waals surface area contributed by atoms with Crippen LogP contribution in [0.25, 0.3) is 11.1 Å². The zero-order chi connectivity index (χ0) is 18.8. The van der Waals surface area contributed by atoms with Crippen molar-refractivity contribution in [1.29, 1.82) is 0 Å². The van der Waals surface area contributed by atoms with E-state index in [0.29, 0.717) is 36.0 Å². The first kappa shape index (κ1) is 17.4. The maximum absolute atomic E-state index is 12.9. The number of ether oxygens (including phenoxy) is 1. The molecule has 1 N–H and O–H groups in total. The van der Waals surface area contributed by atoms with Crippen molar-refractivity contribution in [3.05, 3.63) is 77.1 Å². The molecule has 1 amide bonds. The van der Waals surface area contributed by atoms with Crippen LogP contribution in [0.1, 0.15) is 15.9 Å². The van der Waals surface area contributed by atoms with Gasteiger partial charge >= 0.3 is 0 Å². The molecule has 6 heteroatoms. The largest absolute Gasteiger partial charge is 0.504 e. The van der Waals surface area contributed by atoms with E-state index in [0.717, 1.165) is 16.7 Å². The van der Waals surface area contributed by atoms with E-state index in [2.05, 4.69) is 4.98 Å². The molecule has 3 aromatic rings. The molecule has 2 aromatic carbocycles. The molecule has 1 aromatic heterocycles. The molecule has 0 radical (unpaired) electrons. The Morgan fingerprint density at radius 3 is 2.70 bits per heavy atom. The van der Waals surface area contributed by atoms with Gasteiger partial charge in [0.05, 0.1) is 6.54 Å². The molecule has 0 spiro atoms. The smallest absolute Gasteiger partial charge is 0.254 e. The van der Waals surface area contributed by atoms with Crippen molar-refractivity contribution in [2.24, 2.45) is 0 Å². The molecule has 136 valence electrons. The molecule has 0 saturated heterocycles. The molecule has 5 nitrogen and oxygen atoms in total. The Bertz CT molecular complexity index is 975. The standard InChI is InChI=1S/C21H17ClN2O3/c22-18-5-3-14(4-6-18)21(26)24-8-9-27-20-17(13-24)10-16(11-19(20)25)15-2-1-7-23-12-15/h1-7,10-12,25H,8-9,13H2. The minimum absolute atomic E-state index is 0.0622. The summed E-state index contributed by atoms with van der Waals surface area (Å²) in [6, 6.07) is 14.2. The predicted octanol–water partition coefficient (Wildman–Crippen LogP) is 4.14. The summed E-state index contributed by atoms with van der Waals surface area (Å²) in [5.74, 6) is 0.385. The maximum atomic E-state index is 12.9. The molecule has 2 heterocycles. The summed E-state index contributed by atoms with van der Waals surface area (Å²) < 4.78 is 5.72. The SMILES string of the molecule is O=C(c1ccc(Cl)cc1)N1CCOc2c(O)cc(-c3cccnc3)cc2C1. The minimum Gasteiger partial charge on any atom is -0.504 e. The minimum atomic E-state index is -0.102. The van der Waals surface area contributed by atoms with Gasteiger partial charge in [0, 0.05) is 40.7 Å². The normalized spacial score (nSPS) is 13.4. The van der Waals surface area contributed by atoms with E-state index in [1.165, 1.54) is 0 Å². The van der Waals surface area contributed by atoms with Gasteiger partial charge in [0.25, 0.3) is 5.91 Å². The van der Waals surface area contributed by atoms with E-state index in [4.69, 9.17) is 16.3 Å². The van der Waals surface area contributed by atoms with Crippen LogP contribution in [0.15, 0.2) is 60.9 Å². The number of halogens is 1. The maximum Gasteiger partial charge on any atom is 0.254 e. The van der Waals surface area contributed by atoms with E-state index in [1.807, 2.05) is 18.2 Å².